The van der Waals surface area contributed by atoms with Crippen LogP contribution in [0.3, 0.4) is 0 Å². The Labute approximate surface area is 160 Å². The number of aliphatic hydroxyl groups is 2. The summed E-state index contributed by atoms with van der Waals surface area (Å²) in [5.74, 6) is 0.0481. The van der Waals surface area contributed by atoms with E-state index in [0.29, 0.717) is 4.90 Å². The lowest BCUT2D eigenvalue weighted by atomic mass is 10.2. The number of nitro groups is 1. The first kappa shape index (κ1) is 19.6. The molecule has 2 aromatic rings. The molecule has 144 valence electrons. The van der Waals surface area contributed by atoms with Crippen LogP contribution in [0, 0.1) is 10.1 Å². The van der Waals surface area contributed by atoms with Crippen LogP contribution in [-0.4, -0.2) is 48.8 Å². The van der Waals surface area contributed by atoms with Crippen LogP contribution in [0.15, 0.2) is 46.2 Å². The van der Waals surface area contributed by atoms with Crippen molar-refractivity contribution in [2.45, 2.75) is 28.6 Å². The van der Waals surface area contributed by atoms with Gasteiger partial charge in [0.1, 0.15) is 11.9 Å². The molecular formula is C15H16N4O6S2. The standard InChI is InChI=1S/C15H16N4O6S2/c16-11-5-6-18(15(22)17-11)14-13(12(21)9(7-20)25-14)27-26-10-4-2-1-3-8(10)19(23)24/h1-6,9,12-14,20-21H,7H2,(H2,16,17,22)/t9-,12-,13+,14-/m1/s1. The molecule has 1 fully saturated rings. The van der Waals surface area contributed by atoms with Gasteiger partial charge < -0.3 is 20.7 Å². The highest BCUT2D eigenvalue weighted by Gasteiger charge is 2.45. The van der Waals surface area contributed by atoms with Crippen LogP contribution in [0.2, 0.25) is 0 Å². The molecule has 0 unspecified atom stereocenters. The van der Waals surface area contributed by atoms with Crippen molar-refractivity contribution < 1.29 is 19.9 Å². The van der Waals surface area contributed by atoms with Crippen LogP contribution in [0.25, 0.3) is 0 Å². The highest BCUT2D eigenvalue weighted by Crippen LogP contribution is 2.47. The van der Waals surface area contributed by atoms with Crippen LogP contribution in [-0.2, 0) is 4.74 Å². The third-order valence-corrected chi connectivity index (χ3v) is 6.78. The van der Waals surface area contributed by atoms with E-state index in [1.807, 2.05) is 0 Å². The van der Waals surface area contributed by atoms with Gasteiger partial charge in [0.15, 0.2) is 6.23 Å². The van der Waals surface area contributed by atoms with Gasteiger partial charge in [-0.05, 0) is 22.9 Å². The molecule has 1 aromatic carbocycles. The second-order valence-corrected chi connectivity index (χ2v) is 8.07. The number of hydrogen-bond donors (Lipinski definition) is 3. The normalized spacial score (nSPS) is 24.8. The zero-order valence-corrected chi connectivity index (χ0v) is 15.4. The van der Waals surface area contributed by atoms with E-state index in [0.717, 1.165) is 21.6 Å². The van der Waals surface area contributed by atoms with Gasteiger partial charge in [-0.25, -0.2) is 4.79 Å². The summed E-state index contributed by atoms with van der Waals surface area (Å²) in [5, 5.41) is 30.4. The summed E-state index contributed by atoms with van der Waals surface area (Å²) in [7, 11) is 2.21. The summed E-state index contributed by atoms with van der Waals surface area (Å²) >= 11 is 0. The Morgan fingerprint density at radius 2 is 2.11 bits per heavy atom. The number of nitrogen functional groups attached to an aromatic ring is 1. The third-order valence-electron chi connectivity index (χ3n) is 3.93. The van der Waals surface area contributed by atoms with E-state index in [-0.39, 0.29) is 11.5 Å². The van der Waals surface area contributed by atoms with Crippen molar-refractivity contribution in [3.05, 3.63) is 57.1 Å². The number of nitrogens with two attached hydrogens (primary N) is 1. The van der Waals surface area contributed by atoms with E-state index in [2.05, 4.69) is 4.98 Å². The van der Waals surface area contributed by atoms with Gasteiger partial charge in [0, 0.05) is 12.3 Å². The molecule has 4 atom stereocenters. The third kappa shape index (κ3) is 4.09. The van der Waals surface area contributed by atoms with Crippen LogP contribution < -0.4 is 11.4 Å². The minimum atomic E-state index is -1.09. The summed E-state index contributed by atoms with van der Waals surface area (Å²) in [5.41, 5.74) is 4.77. The van der Waals surface area contributed by atoms with Crippen molar-refractivity contribution in [2.24, 2.45) is 0 Å². The fraction of sp³-hybridized carbons (Fsp3) is 0.333. The second kappa shape index (κ2) is 8.27. The van der Waals surface area contributed by atoms with Crippen molar-refractivity contribution in [3.8, 4) is 0 Å². The average molecular weight is 412 g/mol. The lowest BCUT2D eigenvalue weighted by Gasteiger charge is -2.20. The molecule has 27 heavy (non-hydrogen) atoms. The Morgan fingerprint density at radius 1 is 1.37 bits per heavy atom. The molecular weight excluding hydrogens is 396 g/mol. The van der Waals surface area contributed by atoms with Crippen LogP contribution >= 0.6 is 21.6 Å². The van der Waals surface area contributed by atoms with E-state index in [1.54, 1.807) is 18.2 Å². The summed E-state index contributed by atoms with van der Waals surface area (Å²) in [4.78, 5) is 26.8. The van der Waals surface area contributed by atoms with Gasteiger partial charge >= 0.3 is 5.69 Å². The first-order valence-corrected chi connectivity index (χ1v) is 9.99. The fourth-order valence-corrected chi connectivity index (χ4v) is 5.45. The van der Waals surface area contributed by atoms with E-state index < -0.39 is 40.9 Å². The second-order valence-electron chi connectivity index (χ2n) is 5.65. The van der Waals surface area contributed by atoms with Crippen molar-refractivity contribution in [1.29, 1.82) is 0 Å². The van der Waals surface area contributed by atoms with Crippen molar-refractivity contribution in [1.82, 2.24) is 9.55 Å². The predicted octanol–water partition coefficient (Wildman–Crippen LogP) is 0.793. The lowest BCUT2D eigenvalue weighted by Crippen LogP contribution is -2.34. The number of ether oxygens (including phenoxy) is 1. The zero-order chi connectivity index (χ0) is 19.6. The molecule has 1 aliphatic heterocycles. The molecule has 10 nitrogen and oxygen atoms in total. The molecule has 0 saturated carbocycles. The molecule has 0 radical (unpaired) electrons. The first-order chi connectivity index (χ1) is 12.9. The molecule has 12 heteroatoms. The lowest BCUT2D eigenvalue weighted by molar-refractivity contribution is -0.387. The number of hydrogen-bond acceptors (Lipinski definition) is 10. The van der Waals surface area contributed by atoms with E-state index >= 15 is 0 Å². The fourth-order valence-electron chi connectivity index (χ4n) is 2.60. The molecule has 1 saturated heterocycles. The van der Waals surface area contributed by atoms with E-state index in [1.165, 1.54) is 22.9 Å². The summed E-state index contributed by atoms with van der Waals surface area (Å²) in [6.07, 6.45) is -1.52. The number of benzene rings is 1. The summed E-state index contributed by atoms with van der Waals surface area (Å²) < 4.78 is 6.80. The SMILES string of the molecule is Nc1ccn([C@@H]2O[C@H](CO)[C@@H](O)[C@@H]2SSc2ccccc2[N+](=O)[O-])c(=O)n1. The highest BCUT2D eigenvalue weighted by molar-refractivity contribution is 8.77. The number of nitrogens with zero attached hydrogens (tertiary/aromatic N) is 3. The number of nitro benzene ring substituents is 1. The molecule has 1 aliphatic rings. The number of para-hydroxylation sites is 1. The zero-order valence-electron chi connectivity index (χ0n) is 13.7. The van der Waals surface area contributed by atoms with E-state index in [9.17, 15) is 25.1 Å². The number of rotatable bonds is 6. The first-order valence-electron chi connectivity index (χ1n) is 7.78. The largest absolute Gasteiger partial charge is 0.394 e. The molecule has 2 heterocycles. The number of aromatic nitrogens is 2. The molecule has 0 amide bonds. The summed E-state index contributed by atoms with van der Waals surface area (Å²) in [6.45, 7) is -0.442. The van der Waals surface area contributed by atoms with Crippen molar-refractivity contribution >= 4 is 33.1 Å². The molecule has 4 N–H and O–H groups in total. The molecule has 0 spiro atoms. The Morgan fingerprint density at radius 3 is 2.78 bits per heavy atom. The molecule has 1 aromatic heterocycles. The quantitative estimate of drug-likeness (QED) is 0.352. The maximum atomic E-state index is 12.1. The van der Waals surface area contributed by atoms with Crippen LogP contribution in [0.4, 0.5) is 11.5 Å². The van der Waals surface area contributed by atoms with E-state index in [4.69, 9.17) is 10.5 Å². The maximum absolute atomic E-state index is 12.1. The Bertz CT molecular complexity index is 895. The minimum absolute atomic E-state index is 0.0481. The average Bonchev–Trinajstić information content (AvgIpc) is 2.95. The Hall–Kier alpha value is -2.12. The minimum Gasteiger partial charge on any atom is -0.394 e. The molecule has 0 aliphatic carbocycles. The molecule has 3 rings (SSSR count). The maximum Gasteiger partial charge on any atom is 0.351 e. The molecule has 0 bridgehead atoms. The topological polar surface area (TPSA) is 154 Å². The highest BCUT2D eigenvalue weighted by atomic mass is 33.1. The monoisotopic (exact) mass is 412 g/mol. The Kier molecular flexibility index (Phi) is 6.01. The van der Waals surface area contributed by atoms with Gasteiger partial charge in [-0.1, -0.05) is 22.9 Å². The van der Waals surface area contributed by atoms with Gasteiger partial charge in [0.2, 0.25) is 0 Å². The smallest absolute Gasteiger partial charge is 0.351 e. The van der Waals surface area contributed by atoms with Gasteiger partial charge in [-0.15, -0.1) is 0 Å². The van der Waals surface area contributed by atoms with Crippen molar-refractivity contribution in [3.63, 3.8) is 0 Å². The Balaban J connectivity index is 1.87. The van der Waals surface area contributed by atoms with Crippen molar-refractivity contribution in [2.75, 3.05) is 12.3 Å². The number of aliphatic hydroxyl groups excluding tert-OH is 2. The van der Waals surface area contributed by atoms with Gasteiger partial charge in [-0.2, -0.15) is 4.98 Å². The predicted molar refractivity (Wildman–Crippen MR) is 100 cm³/mol. The summed E-state index contributed by atoms with van der Waals surface area (Å²) in [6, 6.07) is 7.62. The number of anilines is 1. The van der Waals surface area contributed by atoms with Crippen LogP contribution in [0.1, 0.15) is 6.23 Å². The van der Waals surface area contributed by atoms with Gasteiger partial charge in [-0.3, -0.25) is 14.7 Å². The van der Waals surface area contributed by atoms with Crippen LogP contribution in [0.5, 0.6) is 0 Å². The van der Waals surface area contributed by atoms with Gasteiger partial charge in [0.25, 0.3) is 5.69 Å². The van der Waals surface area contributed by atoms with Gasteiger partial charge in [0.05, 0.1) is 27.8 Å².